The molecular formula is C7H11NO4S. The van der Waals surface area contributed by atoms with Gasteiger partial charge in [0.25, 0.3) is 5.91 Å². The topological polar surface area (TPSA) is 63.7 Å². The molecule has 1 amide bonds. The summed E-state index contributed by atoms with van der Waals surface area (Å²) >= 11 is 0. The molecule has 0 aromatic heterocycles. The third-order valence-corrected chi connectivity index (χ3v) is 4.51. The molecule has 6 heteroatoms. The van der Waals surface area contributed by atoms with Gasteiger partial charge < -0.3 is 4.74 Å². The number of hydrogen-bond donors (Lipinski definition) is 0. The molecule has 1 heterocycles. The monoisotopic (exact) mass is 205 g/mol. The number of carbonyl (C=O) groups is 1. The van der Waals surface area contributed by atoms with Gasteiger partial charge in [-0.25, -0.2) is 12.7 Å². The predicted molar refractivity (Wildman–Crippen MR) is 44.5 cm³/mol. The number of nitrogens with zero attached hydrogens (tertiary/aromatic N) is 1. The fourth-order valence-corrected chi connectivity index (χ4v) is 3.08. The first-order valence-electron chi connectivity index (χ1n) is 4.24. The van der Waals surface area contributed by atoms with Gasteiger partial charge >= 0.3 is 0 Å². The van der Waals surface area contributed by atoms with Crippen LogP contribution in [-0.4, -0.2) is 43.6 Å². The number of ether oxygens (including phenoxy) is 1. The van der Waals surface area contributed by atoms with Crippen molar-refractivity contribution in [3.8, 4) is 0 Å². The Labute approximate surface area is 76.7 Å². The molecule has 2 fully saturated rings. The van der Waals surface area contributed by atoms with Crippen LogP contribution in [0.15, 0.2) is 0 Å². The maximum absolute atomic E-state index is 11.6. The second-order valence-corrected chi connectivity index (χ2v) is 5.40. The van der Waals surface area contributed by atoms with E-state index >= 15 is 0 Å². The Morgan fingerprint density at radius 2 is 2.08 bits per heavy atom. The summed E-state index contributed by atoms with van der Waals surface area (Å²) in [6, 6.07) is 0. The van der Waals surface area contributed by atoms with E-state index in [2.05, 4.69) is 0 Å². The van der Waals surface area contributed by atoms with E-state index in [-0.39, 0.29) is 18.4 Å². The van der Waals surface area contributed by atoms with Crippen LogP contribution < -0.4 is 0 Å². The lowest BCUT2D eigenvalue weighted by atomic mass is 10.5. The number of morpholine rings is 1. The van der Waals surface area contributed by atoms with E-state index in [4.69, 9.17) is 4.74 Å². The van der Waals surface area contributed by atoms with Crippen LogP contribution in [0.2, 0.25) is 0 Å². The van der Waals surface area contributed by atoms with Crippen molar-refractivity contribution in [1.29, 1.82) is 0 Å². The van der Waals surface area contributed by atoms with Gasteiger partial charge in [-0.05, 0) is 12.8 Å². The molecule has 13 heavy (non-hydrogen) atoms. The molecule has 0 unspecified atom stereocenters. The molecule has 0 N–H and O–H groups in total. The Morgan fingerprint density at radius 3 is 2.62 bits per heavy atom. The second-order valence-electron chi connectivity index (χ2n) is 3.26. The van der Waals surface area contributed by atoms with E-state index in [1.165, 1.54) is 0 Å². The Hall–Kier alpha value is -0.620. The maximum Gasteiger partial charge on any atom is 0.262 e. The lowest BCUT2D eigenvalue weighted by Gasteiger charge is -2.25. The highest BCUT2D eigenvalue weighted by Crippen LogP contribution is 2.31. The van der Waals surface area contributed by atoms with Gasteiger partial charge in [0.2, 0.25) is 10.0 Å². The van der Waals surface area contributed by atoms with Crippen molar-refractivity contribution in [2.24, 2.45) is 0 Å². The number of hydrogen-bond acceptors (Lipinski definition) is 4. The van der Waals surface area contributed by atoms with E-state index < -0.39 is 15.9 Å². The minimum atomic E-state index is -3.33. The zero-order valence-electron chi connectivity index (χ0n) is 7.10. The van der Waals surface area contributed by atoms with Crippen molar-refractivity contribution in [3.05, 3.63) is 0 Å². The molecule has 0 aromatic rings. The summed E-state index contributed by atoms with van der Waals surface area (Å²) in [5, 5.41) is -0.311. The highest BCUT2D eigenvalue weighted by Gasteiger charge is 2.42. The fourth-order valence-electron chi connectivity index (χ4n) is 1.32. The highest BCUT2D eigenvalue weighted by atomic mass is 32.2. The zero-order valence-corrected chi connectivity index (χ0v) is 7.92. The molecule has 5 nitrogen and oxygen atoms in total. The molecule has 0 aromatic carbocycles. The highest BCUT2D eigenvalue weighted by molar-refractivity contribution is 7.90. The first-order chi connectivity index (χ1) is 6.12. The molecule has 0 atom stereocenters. The molecule has 74 valence electrons. The molecule has 0 bridgehead atoms. The molecule has 0 radical (unpaired) electrons. The fraction of sp³-hybridized carbons (Fsp3) is 0.857. The molecule has 0 spiro atoms. The van der Waals surface area contributed by atoms with E-state index in [1.807, 2.05) is 0 Å². The van der Waals surface area contributed by atoms with Crippen molar-refractivity contribution in [3.63, 3.8) is 0 Å². The minimum absolute atomic E-state index is 0.105. The largest absolute Gasteiger partial charge is 0.370 e. The number of sulfonamides is 1. The molecule has 1 saturated carbocycles. The summed E-state index contributed by atoms with van der Waals surface area (Å²) < 4.78 is 29.0. The Morgan fingerprint density at radius 1 is 1.38 bits per heavy atom. The van der Waals surface area contributed by atoms with Gasteiger partial charge in [-0.15, -0.1) is 0 Å². The van der Waals surface area contributed by atoms with Gasteiger partial charge in [0.15, 0.2) is 0 Å². The smallest absolute Gasteiger partial charge is 0.262 e. The average molecular weight is 205 g/mol. The van der Waals surface area contributed by atoms with Crippen LogP contribution in [-0.2, 0) is 19.6 Å². The Bertz CT molecular complexity index is 319. The van der Waals surface area contributed by atoms with E-state index in [0.29, 0.717) is 19.4 Å². The Kier molecular flexibility index (Phi) is 2.03. The summed E-state index contributed by atoms with van der Waals surface area (Å²) in [7, 11) is -3.33. The van der Waals surface area contributed by atoms with Crippen LogP contribution in [0.25, 0.3) is 0 Å². The third kappa shape index (κ3) is 1.55. The van der Waals surface area contributed by atoms with Gasteiger partial charge in [-0.3, -0.25) is 4.79 Å². The Balaban J connectivity index is 2.18. The average Bonchev–Trinajstić information content (AvgIpc) is 2.86. The quantitative estimate of drug-likeness (QED) is 0.600. The second kappa shape index (κ2) is 2.95. The molecule has 1 aliphatic heterocycles. The first kappa shape index (κ1) is 8.96. The van der Waals surface area contributed by atoms with E-state index in [9.17, 15) is 13.2 Å². The SMILES string of the molecule is O=C1COCCN1S(=O)(=O)C1CC1. The van der Waals surface area contributed by atoms with Crippen LogP contribution >= 0.6 is 0 Å². The van der Waals surface area contributed by atoms with Crippen LogP contribution in [0.3, 0.4) is 0 Å². The van der Waals surface area contributed by atoms with Gasteiger partial charge in [0.1, 0.15) is 6.61 Å². The van der Waals surface area contributed by atoms with Crippen molar-refractivity contribution < 1.29 is 17.9 Å². The van der Waals surface area contributed by atoms with Gasteiger partial charge in [-0.2, -0.15) is 0 Å². The third-order valence-electron chi connectivity index (χ3n) is 2.20. The van der Waals surface area contributed by atoms with Crippen LogP contribution in [0.4, 0.5) is 0 Å². The summed E-state index contributed by atoms with van der Waals surface area (Å²) in [4.78, 5) is 11.2. The predicted octanol–water partition coefficient (Wildman–Crippen LogP) is -0.663. The number of rotatable bonds is 2. The van der Waals surface area contributed by atoms with Gasteiger partial charge in [0, 0.05) is 0 Å². The molecular weight excluding hydrogens is 194 g/mol. The molecule has 2 rings (SSSR count). The van der Waals surface area contributed by atoms with Gasteiger partial charge in [0.05, 0.1) is 18.4 Å². The first-order valence-corrected chi connectivity index (χ1v) is 5.75. The van der Waals surface area contributed by atoms with Crippen molar-refractivity contribution in [2.45, 2.75) is 18.1 Å². The van der Waals surface area contributed by atoms with Crippen molar-refractivity contribution in [1.82, 2.24) is 4.31 Å². The van der Waals surface area contributed by atoms with Gasteiger partial charge in [-0.1, -0.05) is 0 Å². The van der Waals surface area contributed by atoms with Crippen molar-refractivity contribution >= 4 is 15.9 Å². The number of amides is 1. The minimum Gasteiger partial charge on any atom is -0.370 e. The van der Waals surface area contributed by atoms with Crippen LogP contribution in [0.1, 0.15) is 12.8 Å². The van der Waals surface area contributed by atoms with E-state index in [1.54, 1.807) is 0 Å². The molecule has 2 aliphatic rings. The zero-order chi connectivity index (χ0) is 9.47. The summed E-state index contributed by atoms with van der Waals surface area (Å²) in [5.41, 5.74) is 0. The lowest BCUT2D eigenvalue weighted by Crippen LogP contribution is -2.46. The van der Waals surface area contributed by atoms with Crippen LogP contribution in [0, 0.1) is 0 Å². The van der Waals surface area contributed by atoms with Crippen LogP contribution in [0.5, 0.6) is 0 Å². The van der Waals surface area contributed by atoms with E-state index in [0.717, 1.165) is 4.31 Å². The summed E-state index contributed by atoms with van der Waals surface area (Å²) in [5.74, 6) is -0.432. The normalized spacial score (nSPS) is 24.9. The lowest BCUT2D eigenvalue weighted by molar-refractivity contribution is -0.136. The van der Waals surface area contributed by atoms with Crippen molar-refractivity contribution in [2.75, 3.05) is 19.8 Å². The molecule has 1 saturated heterocycles. The standard InChI is InChI=1S/C7H11NO4S/c9-7-5-12-4-3-8(7)13(10,11)6-1-2-6/h6H,1-5H2. The number of carbonyl (C=O) groups excluding carboxylic acids is 1. The summed E-state index contributed by atoms with van der Waals surface area (Å²) in [6.45, 7) is 0.390. The maximum atomic E-state index is 11.6. The summed E-state index contributed by atoms with van der Waals surface area (Å²) in [6.07, 6.45) is 1.37. The molecule has 1 aliphatic carbocycles.